The lowest BCUT2D eigenvalue weighted by atomic mass is 9.33. The summed E-state index contributed by atoms with van der Waals surface area (Å²) in [6.45, 7) is 11.5. The van der Waals surface area contributed by atoms with E-state index >= 15 is 0 Å². The van der Waals surface area contributed by atoms with E-state index in [1.54, 1.807) is 0 Å². The lowest BCUT2D eigenvalue weighted by Crippen LogP contribution is -2.68. The number of fused-ring (bicyclic) bond motifs is 5. The fourth-order valence-corrected chi connectivity index (χ4v) is 10.3. The van der Waals surface area contributed by atoms with Crippen LogP contribution in [0.5, 0.6) is 0 Å². The smallest absolute Gasteiger partial charge is 0.0652 e. The first-order valence-corrected chi connectivity index (χ1v) is 14.2. The van der Waals surface area contributed by atoms with Crippen LogP contribution >= 0.6 is 0 Å². The summed E-state index contributed by atoms with van der Waals surface area (Å²) in [5.74, 6) is 0.997. The highest BCUT2D eigenvalue weighted by atomic mass is 16.3. The van der Waals surface area contributed by atoms with E-state index in [0.29, 0.717) is 11.8 Å². The molecule has 0 spiro atoms. The molecule has 0 aromatic carbocycles. The summed E-state index contributed by atoms with van der Waals surface area (Å²) >= 11 is 0. The van der Waals surface area contributed by atoms with Gasteiger partial charge in [-0.15, -0.1) is 0 Å². The third kappa shape index (κ3) is 3.81. The molecule has 0 saturated heterocycles. The van der Waals surface area contributed by atoms with E-state index in [2.05, 4.69) is 27.7 Å². The molecule has 4 fully saturated rings. The minimum atomic E-state index is -0.520. The van der Waals surface area contributed by atoms with Crippen LogP contribution in [0, 0.1) is 44.8 Å². The van der Waals surface area contributed by atoms with Gasteiger partial charge < -0.3 is 25.5 Å². The second kappa shape index (κ2) is 9.38. The van der Waals surface area contributed by atoms with Crippen LogP contribution in [-0.2, 0) is 0 Å². The summed E-state index contributed by atoms with van der Waals surface area (Å²) in [4.78, 5) is 0. The summed E-state index contributed by atoms with van der Waals surface area (Å²) in [6.07, 6.45) is 10.4. The van der Waals surface area contributed by atoms with Crippen molar-refractivity contribution in [3.05, 3.63) is 11.6 Å². The van der Waals surface area contributed by atoms with Crippen LogP contribution in [-0.4, -0.2) is 57.6 Å². The van der Waals surface area contributed by atoms with E-state index in [-0.39, 0.29) is 42.0 Å². The van der Waals surface area contributed by atoms with Crippen LogP contribution in [0.1, 0.15) is 98.8 Å². The Morgan fingerprint density at radius 1 is 0.800 bits per heavy atom. The summed E-state index contributed by atoms with van der Waals surface area (Å²) in [7, 11) is 0. The molecule has 0 bridgehead atoms. The molecule has 4 aliphatic rings. The molecule has 0 heterocycles. The Hall–Kier alpha value is -0.460. The number of allylic oxidation sites excluding steroid dienone is 1. The van der Waals surface area contributed by atoms with Crippen molar-refractivity contribution in [2.24, 2.45) is 44.8 Å². The summed E-state index contributed by atoms with van der Waals surface area (Å²) in [5, 5.41) is 53.0. The van der Waals surface area contributed by atoms with Crippen molar-refractivity contribution in [2.45, 2.75) is 111 Å². The number of hydrogen-bond acceptors (Lipinski definition) is 5. The van der Waals surface area contributed by atoms with Crippen molar-refractivity contribution in [3.63, 3.8) is 0 Å². The predicted molar refractivity (Wildman–Crippen MR) is 139 cm³/mol. The van der Waals surface area contributed by atoms with Gasteiger partial charge in [0.2, 0.25) is 0 Å². The second-order valence-electron chi connectivity index (χ2n) is 14.1. The molecule has 4 rings (SSSR count). The molecular weight excluding hydrogens is 440 g/mol. The molecule has 0 radical (unpaired) electrons. The van der Waals surface area contributed by atoms with Crippen molar-refractivity contribution in [1.29, 1.82) is 0 Å². The average molecular weight is 493 g/mol. The Balaban J connectivity index is 1.63. The predicted octanol–water partition coefficient (Wildman–Crippen LogP) is 4.45. The van der Waals surface area contributed by atoms with Gasteiger partial charge in [-0.25, -0.2) is 0 Å². The summed E-state index contributed by atoms with van der Waals surface area (Å²) < 4.78 is 0. The van der Waals surface area contributed by atoms with Crippen molar-refractivity contribution in [3.8, 4) is 0 Å². The van der Waals surface area contributed by atoms with Gasteiger partial charge >= 0.3 is 0 Å². The Morgan fingerprint density at radius 2 is 1.51 bits per heavy atom. The van der Waals surface area contributed by atoms with Gasteiger partial charge in [-0.2, -0.15) is 0 Å². The molecule has 0 aromatic rings. The molecule has 10 atom stereocenters. The monoisotopic (exact) mass is 492 g/mol. The molecule has 202 valence electrons. The molecule has 0 amide bonds. The van der Waals surface area contributed by atoms with E-state index in [1.807, 2.05) is 13.0 Å². The second-order valence-corrected chi connectivity index (χ2v) is 14.1. The first-order chi connectivity index (χ1) is 16.4. The van der Waals surface area contributed by atoms with Crippen molar-refractivity contribution in [1.82, 2.24) is 0 Å². The lowest BCUT2D eigenvalue weighted by molar-refractivity contribution is -0.264. The molecule has 35 heavy (non-hydrogen) atoms. The molecule has 4 saturated carbocycles. The van der Waals surface area contributed by atoms with Crippen LogP contribution in [0.3, 0.4) is 0 Å². The van der Waals surface area contributed by atoms with Gasteiger partial charge in [0.25, 0.3) is 0 Å². The SMILES string of the molecule is C/C(=C/CC[C@]1(CO)CC[C@]2(C)[C@H](CC[C@@H]3[C@@]4(C)CC[C@H](O)[C@@](C)(CO)[C@@H]4CC[C@]32C)[C@H]1O)CO. The molecule has 0 aliphatic heterocycles. The van der Waals surface area contributed by atoms with E-state index in [0.717, 1.165) is 69.8 Å². The van der Waals surface area contributed by atoms with Crippen molar-refractivity contribution < 1.29 is 25.5 Å². The molecule has 4 aliphatic carbocycles. The van der Waals surface area contributed by atoms with Gasteiger partial charge in [0.15, 0.2) is 0 Å². The number of rotatable bonds is 6. The minimum absolute atomic E-state index is 0.00448. The zero-order valence-electron chi connectivity index (χ0n) is 22.9. The number of hydrogen-bond donors (Lipinski definition) is 5. The zero-order chi connectivity index (χ0) is 25.9. The van der Waals surface area contributed by atoms with Crippen LogP contribution < -0.4 is 0 Å². The fraction of sp³-hybridized carbons (Fsp3) is 0.933. The highest BCUT2D eigenvalue weighted by molar-refractivity contribution is 5.18. The van der Waals surface area contributed by atoms with E-state index in [9.17, 15) is 25.5 Å². The lowest BCUT2D eigenvalue weighted by Gasteiger charge is -2.72. The van der Waals surface area contributed by atoms with Crippen LogP contribution in [0.2, 0.25) is 0 Å². The van der Waals surface area contributed by atoms with Gasteiger partial charge in [-0.1, -0.05) is 39.3 Å². The molecular formula is C30H52O5. The van der Waals surface area contributed by atoms with Gasteiger partial charge in [0.1, 0.15) is 0 Å². The molecule has 0 aromatic heterocycles. The summed E-state index contributed by atoms with van der Waals surface area (Å²) in [5.41, 5.74) is 0.218. The fourth-order valence-electron chi connectivity index (χ4n) is 10.3. The molecule has 5 nitrogen and oxygen atoms in total. The van der Waals surface area contributed by atoms with Crippen molar-refractivity contribution in [2.75, 3.05) is 19.8 Å². The highest BCUT2D eigenvalue weighted by Crippen LogP contribution is 2.74. The highest BCUT2D eigenvalue weighted by Gasteiger charge is 2.69. The summed E-state index contributed by atoms with van der Waals surface area (Å²) in [6, 6.07) is 0. The topological polar surface area (TPSA) is 101 Å². The Kier molecular flexibility index (Phi) is 7.39. The van der Waals surface area contributed by atoms with Crippen LogP contribution in [0.25, 0.3) is 0 Å². The Labute approximate surface area is 213 Å². The van der Waals surface area contributed by atoms with E-state index < -0.39 is 23.0 Å². The van der Waals surface area contributed by atoms with Gasteiger partial charge in [-0.3, -0.25) is 0 Å². The van der Waals surface area contributed by atoms with Crippen LogP contribution in [0.4, 0.5) is 0 Å². The minimum Gasteiger partial charge on any atom is -0.396 e. The molecule has 5 N–H and O–H groups in total. The third-order valence-electron chi connectivity index (χ3n) is 12.9. The van der Waals surface area contributed by atoms with E-state index in [1.165, 1.54) is 0 Å². The normalized spacial score (nSPS) is 52.4. The zero-order valence-corrected chi connectivity index (χ0v) is 22.9. The standard InChI is InChI=1S/C30H52O5/c1-20(17-31)7-6-12-30(19-33)16-15-28(4)21(25(30)35)8-9-23-26(2)13-11-24(34)27(3,18-32)22(26)10-14-29(23,28)5/h7,21-25,31-35H,6,8-19H2,1-5H3/b20-7-/t21-,22-,23-,24+,25-,26+,27+,28-,29-,30-/m1/s1. The molecule has 0 unspecified atom stereocenters. The van der Waals surface area contributed by atoms with E-state index in [4.69, 9.17) is 0 Å². The average Bonchev–Trinajstić information content (AvgIpc) is 2.84. The Bertz CT molecular complexity index is 813. The third-order valence-corrected chi connectivity index (χ3v) is 12.9. The number of aliphatic hydroxyl groups excluding tert-OH is 5. The van der Waals surface area contributed by atoms with Crippen LogP contribution in [0.15, 0.2) is 11.6 Å². The first-order valence-electron chi connectivity index (χ1n) is 14.2. The Morgan fingerprint density at radius 3 is 2.14 bits per heavy atom. The van der Waals surface area contributed by atoms with Crippen molar-refractivity contribution >= 4 is 0 Å². The van der Waals surface area contributed by atoms with Gasteiger partial charge in [0.05, 0.1) is 32.0 Å². The number of aliphatic hydroxyl groups is 5. The quantitative estimate of drug-likeness (QED) is 0.353. The maximum atomic E-state index is 11.9. The molecule has 5 heteroatoms. The maximum Gasteiger partial charge on any atom is 0.0652 e. The van der Waals surface area contributed by atoms with Gasteiger partial charge in [-0.05, 0) is 105 Å². The maximum absolute atomic E-state index is 11.9. The largest absolute Gasteiger partial charge is 0.396 e. The first kappa shape index (κ1) is 27.6. The van der Waals surface area contributed by atoms with Gasteiger partial charge in [0, 0.05) is 10.8 Å².